The molecule has 0 unspecified atom stereocenters. The van der Waals surface area contributed by atoms with Crippen LogP contribution in [0.5, 0.6) is 0 Å². The van der Waals surface area contributed by atoms with Crippen LogP contribution < -0.4 is 0 Å². The van der Waals surface area contributed by atoms with Crippen molar-refractivity contribution in [1.29, 1.82) is 0 Å². The Balaban J connectivity index is 1.46. The van der Waals surface area contributed by atoms with Crippen molar-refractivity contribution in [3.05, 3.63) is 0 Å². The molecule has 0 amide bonds. The predicted molar refractivity (Wildman–Crippen MR) is 120 cm³/mol. The second kappa shape index (κ2) is 7.03. The molecular weight excluding hydrogens is 438 g/mol. The fourth-order valence-corrected chi connectivity index (χ4v) is 11.2. The molecule has 7 fully saturated rings. The number of hydrogen-bond donors (Lipinski definition) is 1. The van der Waals surface area contributed by atoms with Gasteiger partial charge in [0.05, 0.1) is 36.9 Å². The number of methoxy groups -OCH3 is 3. The number of fused-ring (bicyclic) bond motifs is 2. The summed E-state index contributed by atoms with van der Waals surface area (Å²) in [7, 11) is 5.18. The highest BCUT2D eigenvalue weighted by atomic mass is 16.7. The van der Waals surface area contributed by atoms with Gasteiger partial charge in [-0.1, -0.05) is 6.92 Å². The molecule has 7 aliphatic rings. The van der Waals surface area contributed by atoms with Gasteiger partial charge >= 0.3 is 0 Å². The molecule has 190 valence electrons. The van der Waals surface area contributed by atoms with Crippen molar-refractivity contribution in [2.75, 3.05) is 54.2 Å². The van der Waals surface area contributed by atoms with E-state index in [0.717, 1.165) is 32.4 Å². The highest BCUT2D eigenvalue weighted by molar-refractivity contribution is 5.88. The second-order valence-corrected chi connectivity index (χ2v) is 12.2. The van der Waals surface area contributed by atoms with Crippen LogP contribution >= 0.6 is 0 Å². The Hall–Kier alpha value is -0.610. The molecular formula is C26H39NO7. The average Bonchev–Trinajstić information content (AvgIpc) is 3.34. The molecule has 5 saturated carbocycles. The van der Waals surface area contributed by atoms with Gasteiger partial charge in [0.2, 0.25) is 0 Å². The van der Waals surface area contributed by atoms with Gasteiger partial charge in [-0.2, -0.15) is 0 Å². The maximum atomic E-state index is 13.2. The van der Waals surface area contributed by atoms with Crippen LogP contribution in [0.4, 0.5) is 0 Å². The first-order valence-corrected chi connectivity index (χ1v) is 13.2. The molecule has 1 N–H and O–H groups in total. The number of Topliss-reactive ketones (excluding diaryl/α,β-unsaturated/α-hetero) is 1. The lowest BCUT2D eigenvalue weighted by Gasteiger charge is -2.74. The molecule has 34 heavy (non-hydrogen) atoms. The van der Waals surface area contributed by atoms with E-state index in [4.69, 9.17) is 23.7 Å². The maximum absolute atomic E-state index is 13.2. The number of likely N-dealkylation sites (tertiary alicyclic amines) is 1. The summed E-state index contributed by atoms with van der Waals surface area (Å²) in [5.41, 5.74) is -1.40. The Morgan fingerprint density at radius 3 is 2.53 bits per heavy atom. The molecule has 5 bridgehead atoms. The zero-order chi connectivity index (χ0) is 23.7. The van der Waals surface area contributed by atoms with Crippen molar-refractivity contribution in [3.63, 3.8) is 0 Å². The number of hydrogen-bond acceptors (Lipinski definition) is 8. The van der Waals surface area contributed by atoms with Crippen LogP contribution in [0.1, 0.15) is 32.6 Å². The summed E-state index contributed by atoms with van der Waals surface area (Å²) in [6.45, 7) is 5.66. The molecule has 11 atom stereocenters. The molecule has 2 saturated heterocycles. The van der Waals surface area contributed by atoms with E-state index in [1.807, 2.05) is 0 Å². The third-order valence-electron chi connectivity index (χ3n) is 11.8. The van der Waals surface area contributed by atoms with Crippen molar-refractivity contribution in [2.24, 2.45) is 40.4 Å². The van der Waals surface area contributed by atoms with E-state index in [1.165, 1.54) is 0 Å². The molecule has 2 aliphatic heterocycles. The molecule has 0 aromatic heterocycles. The number of ketones is 1. The SMILES string of the molecule is CCN1C[C@@]2(COC)[C@H]3[C@@H](OC)[C@H]4[C@@H]1[C@]3(CCC21OCCO1)[C@@H]1C[C@@H]2C(=O)[C@@H](OC)C[C@@]4(O)[C@@H]21. The summed E-state index contributed by atoms with van der Waals surface area (Å²) in [6.07, 6.45) is 2.35. The lowest BCUT2D eigenvalue weighted by atomic mass is 9.35. The molecule has 0 radical (unpaired) electrons. The number of rotatable bonds is 5. The quantitative estimate of drug-likeness (QED) is 0.630. The van der Waals surface area contributed by atoms with E-state index in [9.17, 15) is 9.90 Å². The van der Waals surface area contributed by atoms with Crippen LogP contribution in [0.2, 0.25) is 0 Å². The maximum Gasteiger partial charge on any atom is 0.177 e. The van der Waals surface area contributed by atoms with Crippen LogP contribution in [-0.2, 0) is 28.5 Å². The average molecular weight is 478 g/mol. The van der Waals surface area contributed by atoms with E-state index in [-0.39, 0.29) is 47.0 Å². The first-order chi connectivity index (χ1) is 16.4. The van der Waals surface area contributed by atoms with Gasteiger partial charge in [0.1, 0.15) is 6.10 Å². The molecule has 5 aliphatic carbocycles. The number of carbonyl (C=O) groups excluding carboxylic acids is 1. The summed E-state index contributed by atoms with van der Waals surface area (Å²) in [4.78, 5) is 15.8. The number of ether oxygens (including phenoxy) is 5. The lowest BCUT2D eigenvalue weighted by Crippen LogP contribution is -2.81. The van der Waals surface area contributed by atoms with E-state index in [1.54, 1.807) is 21.3 Å². The Labute approximate surface area is 201 Å². The van der Waals surface area contributed by atoms with Crippen LogP contribution in [0.3, 0.4) is 0 Å². The number of aliphatic hydroxyl groups is 1. The van der Waals surface area contributed by atoms with Gasteiger partial charge in [-0.15, -0.1) is 0 Å². The Morgan fingerprint density at radius 1 is 1.12 bits per heavy atom. The van der Waals surface area contributed by atoms with Crippen molar-refractivity contribution >= 4 is 5.78 Å². The van der Waals surface area contributed by atoms with Crippen molar-refractivity contribution in [3.8, 4) is 0 Å². The molecule has 2 spiro atoms. The van der Waals surface area contributed by atoms with Crippen LogP contribution in [-0.4, -0.2) is 99.7 Å². The molecule has 7 rings (SSSR count). The summed E-state index contributed by atoms with van der Waals surface area (Å²) in [6, 6.07) is 0.217. The van der Waals surface area contributed by atoms with Gasteiger partial charge in [-0.05, 0) is 30.7 Å². The van der Waals surface area contributed by atoms with Gasteiger partial charge in [0, 0.05) is 70.4 Å². The molecule has 2 heterocycles. The van der Waals surface area contributed by atoms with E-state index < -0.39 is 22.9 Å². The van der Waals surface area contributed by atoms with Crippen LogP contribution in [0.15, 0.2) is 0 Å². The fraction of sp³-hybridized carbons (Fsp3) is 0.962. The fourth-order valence-electron chi connectivity index (χ4n) is 11.2. The Kier molecular flexibility index (Phi) is 4.67. The zero-order valence-corrected chi connectivity index (χ0v) is 20.8. The Morgan fingerprint density at radius 2 is 1.88 bits per heavy atom. The minimum absolute atomic E-state index is 0.00758. The van der Waals surface area contributed by atoms with Crippen molar-refractivity contribution < 1.29 is 33.6 Å². The summed E-state index contributed by atoms with van der Waals surface area (Å²) in [5.74, 6) is -0.250. The first-order valence-electron chi connectivity index (χ1n) is 13.2. The van der Waals surface area contributed by atoms with Crippen molar-refractivity contribution in [1.82, 2.24) is 4.90 Å². The van der Waals surface area contributed by atoms with Gasteiger partial charge in [0.25, 0.3) is 0 Å². The van der Waals surface area contributed by atoms with Gasteiger partial charge in [0.15, 0.2) is 11.6 Å². The van der Waals surface area contributed by atoms with Gasteiger partial charge < -0.3 is 28.8 Å². The zero-order valence-electron chi connectivity index (χ0n) is 20.8. The van der Waals surface area contributed by atoms with Crippen LogP contribution in [0, 0.1) is 40.4 Å². The topological polar surface area (TPSA) is 86.7 Å². The summed E-state index contributed by atoms with van der Waals surface area (Å²) >= 11 is 0. The molecule has 0 aromatic rings. The Bertz CT molecular complexity index is 892. The summed E-state index contributed by atoms with van der Waals surface area (Å²) < 4.78 is 31.1. The smallest absolute Gasteiger partial charge is 0.177 e. The summed E-state index contributed by atoms with van der Waals surface area (Å²) in [5, 5.41) is 12.6. The molecule has 0 aromatic carbocycles. The molecule has 8 heteroatoms. The first kappa shape index (κ1) is 22.6. The number of nitrogens with zero attached hydrogens (tertiary/aromatic N) is 1. The highest BCUT2D eigenvalue weighted by Crippen LogP contribution is 2.81. The number of piperidine rings is 1. The van der Waals surface area contributed by atoms with Gasteiger partial charge in [-0.3, -0.25) is 9.69 Å². The van der Waals surface area contributed by atoms with Crippen molar-refractivity contribution in [2.45, 2.75) is 62.2 Å². The third-order valence-corrected chi connectivity index (χ3v) is 11.8. The second-order valence-electron chi connectivity index (χ2n) is 12.2. The minimum Gasteiger partial charge on any atom is -0.389 e. The largest absolute Gasteiger partial charge is 0.389 e. The normalized spacial score (nSPS) is 56.4. The van der Waals surface area contributed by atoms with E-state index in [0.29, 0.717) is 32.2 Å². The third kappa shape index (κ3) is 2.14. The highest BCUT2D eigenvalue weighted by Gasteiger charge is 2.88. The number of carbonyl (C=O) groups is 1. The lowest BCUT2D eigenvalue weighted by molar-refractivity contribution is -0.356. The van der Waals surface area contributed by atoms with E-state index >= 15 is 0 Å². The standard InChI is InChI=1S/C26H39NO7/c1-5-27-12-23(13-30-2)21-20(32-4)18-22(27)24(21,6-7-26(23)33-8-9-34-26)15-10-14-17(15)25(18,29)11-16(31-3)19(14)28/h14-18,20-22,29H,5-13H2,1-4H3/t14-,15+,16-,17-,18-,20-,21+,22+,23+,24+,25+/m0/s1. The minimum atomic E-state index is -0.975. The monoisotopic (exact) mass is 477 g/mol. The van der Waals surface area contributed by atoms with Gasteiger partial charge in [-0.25, -0.2) is 0 Å². The predicted octanol–water partition coefficient (Wildman–Crippen LogP) is 1.09. The van der Waals surface area contributed by atoms with E-state index in [2.05, 4.69) is 11.8 Å². The van der Waals surface area contributed by atoms with Crippen LogP contribution in [0.25, 0.3) is 0 Å². The molecule has 8 nitrogen and oxygen atoms in total.